The monoisotopic (exact) mass is 331 g/mol. The van der Waals surface area contributed by atoms with Crippen molar-refractivity contribution in [1.29, 1.82) is 0 Å². The zero-order valence-corrected chi connectivity index (χ0v) is 12.4. The third kappa shape index (κ3) is 2.43. The van der Waals surface area contributed by atoms with Crippen LogP contribution in [0.25, 0.3) is 9.88 Å². The van der Waals surface area contributed by atoms with Crippen molar-refractivity contribution in [3.8, 4) is 9.88 Å². The van der Waals surface area contributed by atoms with E-state index in [1.807, 2.05) is 16.8 Å². The number of carboxylic acid groups (broad SMARTS) is 1. The van der Waals surface area contributed by atoms with Gasteiger partial charge in [0.2, 0.25) is 0 Å². The van der Waals surface area contributed by atoms with Crippen molar-refractivity contribution in [2.75, 3.05) is 0 Å². The van der Waals surface area contributed by atoms with Crippen molar-refractivity contribution < 1.29 is 9.90 Å². The minimum atomic E-state index is -0.941. The third-order valence-electron chi connectivity index (χ3n) is 2.46. The van der Waals surface area contributed by atoms with E-state index in [-0.39, 0.29) is 0 Å². The lowest BCUT2D eigenvalue weighted by Crippen LogP contribution is -2.28. The number of rotatable bonds is 3. The SMILES string of the molecule is CC(C)(C(=O)O)c1csc(-c2cc(Br)cs2)n1. The van der Waals surface area contributed by atoms with Gasteiger partial charge in [-0.1, -0.05) is 0 Å². The molecule has 0 aliphatic heterocycles. The molecule has 2 aromatic heterocycles. The first kappa shape index (κ1) is 12.7. The number of hydrogen-bond donors (Lipinski definition) is 1. The average molecular weight is 332 g/mol. The summed E-state index contributed by atoms with van der Waals surface area (Å²) in [6, 6.07) is 1.99. The zero-order valence-electron chi connectivity index (χ0n) is 9.23. The highest BCUT2D eigenvalue weighted by Gasteiger charge is 2.32. The predicted molar refractivity (Wildman–Crippen MR) is 73.8 cm³/mol. The molecule has 0 atom stereocenters. The van der Waals surface area contributed by atoms with Gasteiger partial charge in [0.25, 0.3) is 0 Å². The molecule has 1 N–H and O–H groups in total. The molecule has 2 heterocycles. The van der Waals surface area contributed by atoms with Crippen molar-refractivity contribution in [2.24, 2.45) is 0 Å². The predicted octanol–water partition coefficient (Wildman–Crippen LogP) is 4.00. The Morgan fingerprint density at radius 3 is 2.65 bits per heavy atom. The van der Waals surface area contributed by atoms with E-state index in [4.69, 9.17) is 5.11 Å². The van der Waals surface area contributed by atoms with Gasteiger partial charge in [-0.2, -0.15) is 0 Å². The van der Waals surface area contributed by atoms with Crippen LogP contribution in [0.15, 0.2) is 21.3 Å². The van der Waals surface area contributed by atoms with Crippen molar-refractivity contribution in [3.63, 3.8) is 0 Å². The molecule has 90 valence electrons. The molecule has 0 spiro atoms. The van der Waals surface area contributed by atoms with Gasteiger partial charge >= 0.3 is 5.97 Å². The van der Waals surface area contributed by atoms with E-state index < -0.39 is 11.4 Å². The van der Waals surface area contributed by atoms with Crippen LogP contribution in [0.1, 0.15) is 19.5 Å². The summed E-state index contributed by atoms with van der Waals surface area (Å²) in [6.07, 6.45) is 0. The van der Waals surface area contributed by atoms with Gasteiger partial charge in [0.15, 0.2) is 0 Å². The molecule has 0 radical (unpaired) electrons. The Hall–Kier alpha value is -0.720. The maximum atomic E-state index is 11.1. The molecular formula is C11H10BrNO2S2. The molecule has 2 rings (SSSR count). The Labute approximate surface area is 115 Å². The maximum Gasteiger partial charge on any atom is 0.315 e. The third-order valence-corrected chi connectivity index (χ3v) is 5.16. The minimum Gasteiger partial charge on any atom is -0.481 e. The topological polar surface area (TPSA) is 50.2 Å². The quantitative estimate of drug-likeness (QED) is 0.924. The van der Waals surface area contributed by atoms with Crippen LogP contribution >= 0.6 is 38.6 Å². The number of nitrogens with zero attached hydrogens (tertiary/aromatic N) is 1. The second kappa shape index (κ2) is 4.51. The molecule has 0 aliphatic rings. The number of carbonyl (C=O) groups is 1. The highest BCUT2D eigenvalue weighted by molar-refractivity contribution is 9.10. The van der Waals surface area contributed by atoms with Crippen LogP contribution < -0.4 is 0 Å². The van der Waals surface area contributed by atoms with Gasteiger partial charge in [-0.3, -0.25) is 4.79 Å². The summed E-state index contributed by atoms with van der Waals surface area (Å²) < 4.78 is 1.02. The van der Waals surface area contributed by atoms with E-state index in [0.29, 0.717) is 5.69 Å². The fourth-order valence-corrected chi connectivity index (χ4v) is 3.70. The van der Waals surface area contributed by atoms with Crippen molar-refractivity contribution in [2.45, 2.75) is 19.3 Å². The van der Waals surface area contributed by atoms with Gasteiger partial charge in [-0.15, -0.1) is 22.7 Å². The van der Waals surface area contributed by atoms with Gasteiger partial charge in [0.1, 0.15) is 10.4 Å². The maximum absolute atomic E-state index is 11.1. The number of hydrogen-bond acceptors (Lipinski definition) is 4. The second-order valence-electron chi connectivity index (χ2n) is 4.10. The lowest BCUT2D eigenvalue weighted by atomic mass is 9.90. The van der Waals surface area contributed by atoms with Crippen molar-refractivity contribution >= 4 is 44.6 Å². The zero-order chi connectivity index (χ0) is 12.6. The lowest BCUT2D eigenvalue weighted by molar-refractivity contribution is -0.142. The van der Waals surface area contributed by atoms with E-state index in [0.717, 1.165) is 14.4 Å². The summed E-state index contributed by atoms with van der Waals surface area (Å²) in [5.41, 5.74) is -0.335. The highest BCUT2D eigenvalue weighted by atomic mass is 79.9. The van der Waals surface area contributed by atoms with Crippen LogP contribution in [0.2, 0.25) is 0 Å². The summed E-state index contributed by atoms with van der Waals surface area (Å²) in [5.74, 6) is -0.860. The van der Waals surface area contributed by atoms with Gasteiger partial charge in [-0.05, 0) is 35.8 Å². The van der Waals surface area contributed by atoms with E-state index in [1.54, 1.807) is 25.2 Å². The standard InChI is InChI=1S/C11H10BrNO2S2/c1-11(2,10(14)15)8-5-17-9(13-8)7-3-6(12)4-16-7/h3-5H,1-2H3,(H,14,15). The molecule has 0 fully saturated rings. The smallest absolute Gasteiger partial charge is 0.315 e. The molecular weight excluding hydrogens is 322 g/mol. The number of aromatic nitrogens is 1. The second-order valence-corrected chi connectivity index (χ2v) is 6.78. The van der Waals surface area contributed by atoms with Crippen molar-refractivity contribution in [1.82, 2.24) is 4.98 Å². The highest BCUT2D eigenvalue weighted by Crippen LogP contribution is 2.34. The summed E-state index contributed by atoms with van der Waals surface area (Å²) in [6.45, 7) is 3.33. The van der Waals surface area contributed by atoms with Crippen LogP contribution in [0.4, 0.5) is 0 Å². The Morgan fingerprint density at radius 1 is 1.41 bits per heavy atom. The molecule has 0 saturated heterocycles. The molecule has 0 bridgehead atoms. The molecule has 0 aliphatic carbocycles. The number of thiazole rings is 1. The normalized spacial score (nSPS) is 11.7. The van der Waals surface area contributed by atoms with Crippen LogP contribution in [0.3, 0.4) is 0 Å². The molecule has 2 aromatic rings. The fraction of sp³-hybridized carbons (Fsp3) is 0.273. The molecule has 3 nitrogen and oxygen atoms in total. The molecule has 17 heavy (non-hydrogen) atoms. The first-order valence-electron chi connectivity index (χ1n) is 4.85. The first-order valence-corrected chi connectivity index (χ1v) is 7.40. The van der Waals surface area contributed by atoms with Gasteiger partial charge in [-0.25, -0.2) is 4.98 Å². The molecule has 0 saturated carbocycles. The fourth-order valence-electron chi connectivity index (χ4n) is 1.21. The van der Waals surface area contributed by atoms with E-state index in [2.05, 4.69) is 20.9 Å². The number of aliphatic carboxylic acids is 1. The number of thiophene rings is 1. The molecule has 0 aromatic carbocycles. The Bertz CT molecular complexity index is 559. The number of halogens is 1. The van der Waals surface area contributed by atoms with Crippen LogP contribution in [0.5, 0.6) is 0 Å². The van der Waals surface area contributed by atoms with Crippen LogP contribution in [-0.4, -0.2) is 16.1 Å². The van der Waals surface area contributed by atoms with Crippen molar-refractivity contribution in [3.05, 3.63) is 27.0 Å². The van der Waals surface area contributed by atoms with Gasteiger partial charge in [0, 0.05) is 15.2 Å². The molecule has 6 heteroatoms. The van der Waals surface area contributed by atoms with E-state index in [9.17, 15) is 4.79 Å². The summed E-state index contributed by atoms with van der Waals surface area (Å²) in [5, 5.41) is 13.8. The summed E-state index contributed by atoms with van der Waals surface area (Å²) in [4.78, 5) is 16.6. The Kier molecular flexibility index (Phi) is 3.38. The van der Waals surface area contributed by atoms with E-state index in [1.165, 1.54) is 11.3 Å². The van der Waals surface area contributed by atoms with Crippen LogP contribution in [0, 0.1) is 0 Å². The van der Waals surface area contributed by atoms with Gasteiger partial charge in [0.05, 0.1) is 10.6 Å². The lowest BCUT2D eigenvalue weighted by Gasteiger charge is -2.15. The molecule has 0 amide bonds. The number of carboxylic acids is 1. The minimum absolute atomic E-state index is 0.606. The summed E-state index contributed by atoms with van der Waals surface area (Å²) in [7, 11) is 0. The Morgan fingerprint density at radius 2 is 2.12 bits per heavy atom. The largest absolute Gasteiger partial charge is 0.481 e. The van der Waals surface area contributed by atoms with Crippen LogP contribution in [-0.2, 0) is 10.2 Å². The first-order chi connectivity index (χ1) is 7.91. The average Bonchev–Trinajstić information content (AvgIpc) is 2.85. The van der Waals surface area contributed by atoms with Gasteiger partial charge < -0.3 is 5.11 Å². The summed E-state index contributed by atoms with van der Waals surface area (Å²) >= 11 is 6.46. The van der Waals surface area contributed by atoms with E-state index >= 15 is 0 Å². The molecule has 0 unspecified atom stereocenters. The Balaban J connectivity index is 2.37.